The number of piperazine rings is 1. The highest BCUT2D eigenvalue weighted by Gasteiger charge is 2.53. The first kappa shape index (κ1) is 32.0. The predicted molar refractivity (Wildman–Crippen MR) is 180 cm³/mol. The van der Waals surface area contributed by atoms with Crippen LogP contribution in [0.15, 0.2) is 41.3 Å². The normalized spacial score (nSPS) is 15.7. The molecule has 11 nitrogen and oxygen atoms in total. The Morgan fingerprint density at radius 3 is 2.47 bits per heavy atom. The second-order valence-electron chi connectivity index (χ2n) is 13.9. The largest absolute Gasteiger partial charge is 0.496 e. The molecule has 0 bridgehead atoms. The maximum atomic E-state index is 14.3. The number of rotatable bonds is 5. The van der Waals surface area contributed by atoms with E-state index in [1.807, 2.05) is 72.7 Å². The van der Waals surface area contributed by atoms with Gasteiger partial charge in [-0.2, -0.15) is 10.2 Å². The Morgan fingerprint density at radius 1 is 1.09 bits per heavy atom. The number of nitriles is 1. The van der Waals surface area contributed by atoms with Gasteiger partial charge in [-0.3, -0.25) is 4.98 Å². The van der Waals surface area contributed by atoms with Crippen LogP contribution in [0.2, 0.25) is 0 Å². The number of methoxy groups -OCH3 is 1. The summed E-state index contributed by atoms with van der Waals surface area (Å²) in [6.07, 6.45) is 3.05. The molecule has 0 N–H and O–H groups in total. The minimum absolute atomic E-state index is 0.0110. The third kappa shape index (κ3) is 5.66. The number of hydrogen-bond acceptors (Lipinski definition) is 9. The number of amides is 1. The number of anilines is 1. The third-order valence-corrected chi connectivity index (χ3v) is 8.95. The van der Waals surface area contributed by atoms with Gasteiger partial charge in [0.25, 0.3) is 0 Å². The minimum atomic E-state index is -0.608. The van der Waals surface area contributed by atoms with Crippen molar-refractivity contribution in [2.75, 3.05) is 31.6 Å². The van der Waals surface area contributed by atoms with E-state index in [-0.39, 0.29) is 12.0 Å². The first-order valence-electron chi connectivity index (χ1n) is 16.0. The lowest BCUT2D eigenvalue weighted by Crippen LogP contribution is -2.58. The van der Waals surface area contributed by atoms with E-state index in [1.54, 1.807) is 28.8 Å². The molecule has 1 spiro atoms. The zero-order chi connectivity index (χ0) is 33.8. The summed E-state index contributed by atoms with van der Waals surface area (Å²) in [5.74, 6) is 1.08. The van der Waals surface area contributed by atoms with Crippen LogP contribution in [0.4, 0.5) is 10.6 Å². The molecule has 3 aromatic heterocycles. The number of carbonyl (C=O) groups excluding carboxylic acids is 1. The van der Waals surface area contributed by atoms with Crippen molar-refractivity contribution in [2.45, 2.75) is 78.4 Å². The van der Waals surface area contributed by atoms with Crippen LogP contribution in [-0.4, -0.2) is 68.4 Å². The summed E-state index contributed by atoms with van der Waals surface area (Å²) in [5, 5.41) is 11.1. The van der Waals surface area contributed by atoms with E-state index in [0.29, 0.717) is 64.7 Å². The molecule has 0 atom stereocenters. The van der Waals surface area contributed by atoms with E-state index in [9.17, 15) is 14.9 Å². The fourth-order valence-electron chi connectivity index (χ4n) is 6.59. The van der Waals surface area contributed by atoms with Crippen LogP contribution in [0.1, 0.15) is 75.8 Å². The summed E-state index contributed by atoms with van der Waals surface area (Å²) < 4.78 is 13.0. The summed E-state index contributed by atoms with van der Waals surface area (Å²) in [6, 6.07) is 11.7. The van der Waals surface area contributed by atoms with Crippen LogP contribution in [0.3, 0.4) is 0 Å². The lowest BCUT2D eigenvalue weighted by molar-refractivity contribution is 0.0205. The molecule has 1 aromatic carbocycles. The van der Waals surface area contributed by atoms with Crippen molar-refractivity contribution >= 4 is 22.9 Å². The van der Waals surface area contributed by atoms with E-state index in [4.69, 9.17) is 19.4 Å². The van der Waals surface area contributed by atoms with Crippen molar-refractivity contribution in [3.05, 3.63) is 69.4 Å². The van der Waals surface area contributed by atoms with Crippen molar-refractivity contribution in [3.63, 3.8) is 0 Å². The average molecular weight is 636 g/mol. The van der Waals surface area contributed by atoms with E-state index < -0.39 is 16.8 Å². The van der Waals surface area contributed by atoms with Gasteiger partial charge in [-0.15, -0.1) is 0 Å². The Bertz CT molecular complexity index is 2000. The highest BCUT2D eigenvalue weighted by Crippen LogP contribution is 2.48. The molecule has 2 aliphatic rings. The zero-order valence-electron chi connectivity index (χ0n) is 28.3. The average Bonchev–Trinajstić information content (AvgIpc) is 3.78. The molecule has 1 saturated carbocycles. The first-order chi connectivity index (χ1) is 22.3. The fourth-order valence-corrected chi connectivity index (χ4v) is 6.59. The number of aromatic nitrogens is 4. The van der Waals surface area contributed by atoms with Gasteiger partial charge in [0, 0.05) is 31.4 Å². The van der Waals surface area contributed by atoms with Gasteiger partial charge in [-0.25, -0.2) is 19.1 Å². The van der Waals surface area contributed by atoms with Crippen molar-refractivity contribution in [2.24, 2.45) is 0 Å². The standard InChI is InChI=1S/C36H41N7O4/c1-21(2)27-29(22(3)12-15-38-27)43-32-26(18-24(19-37)28(39-32)25-11-9-10-23(4)30(25)46-8)31(40-33(43)44)42-17-16-41(20-36(42)13-14-36)34(45)47-35(5,6)7/h9-12,15,18,21H,13-14,16-17,20H2,1-8H3. The molecular weight excluding hydrogens is 594 g/mol. The second kappa shape index (κ2) is 11.7. The molecule has 11 heteroatoms. The van der Waals surface area contributed by atoms with Gasteiger partial charge in [0.2, 0.25) is 0 Å². The number of nitrogens with zero attached hydrogens (tertiary/aromatic N) is 7. The topological polar surface area (TPSA) is 126 Å². The van der Waals surface area contributed by atoms with E-state index in [2.05, 4.69) is 16.0 Å². The SMILES string of the molecule is COc1c(C)cccc1-c1nc2c(cc1C#N)c(N1CCN(C(=O)OC(C)(C)C)CC13CC3)nc(=O)n2-c1c(C)ccnc1C(C)C. The van der Waals surface area contributed by atoms with Gasteiger partial charge >= 0.3 is 11.8 Å². The molecule has 0 radical (unpaired) electrons. The van der Waals surface area contributed by atoms with Gasteiger partial charge in [0.15, 0.2) is 5.65 Å². The summed E-state index contributed by atoms with van der Waals surface area (Å²) in [7, 11) is 1.59. The summed E-state index contributed by atoms with van der Waals surface area (Å²) in [5.41, 5.74) is 3.40. The molecule has 2 fully saturated rings. The predicted octanol–water partition coefficient (Wildman–Crippen LogP) is 6.05. The number of pyridine rings is 2. The number of hydrogen-bond donors (Lipinski definition) is 0. The molecule has 1 saturated heterocycles. The maximum Gasteiger partial charge on any atom is 0.410 e. The van der Waals surface area contributed by atoms with Gasteiger partial charge in [-0.05, 0) is 82.7 Å². The van der Waals surface area contributed by atoms with E-state index in [1.165, 1.54) is 0 Å². The van der Waals surface area contributed by atoms with Crippen LogP contribution in [-0.2, 0) is 4.74 Å². The third-order valence-electron chi connectivity index (χ3n) is 8.95. The van der Waals surface area contributed by atoms with Crippen molar-refractivity contribution in [1.82, 2.24) is 24.4 Å². The van der Waals surface area contributed by atoms with Crippen LogP contribution >= 0.6 is 0 Å². The van der Waals surface area contributed by atoms with Crippen LogP contribution in [0.5, 0.6) is 5.75 Å². The lowest BCUT2D eigenvalue weighted by Gasteiger charge is -2.43. The highest BCUT2D eigenvalue weighted by molar-refractivity contribution is 5.93. The first-order valence-corrected chi connectivity index (χ1v) is 16.0. The number of para-hydroxylation sites is 1. The number of fused-ring (bicyclic) bond motifs is 1. The number of aryl methyl sites for hydroxylation is 2. The van der Waals surface area contributed by atoms with Crippen molar-refractivity contribution < 1.29 is 14.3 Å². The quantitative estimate of drug-likeness (QED) is 0.257. The Labute approximate surface area is 274 Å². The number of carbonyl (C=O) groups is 1. The summed E-state index contributed by atoms with van der Waals surface area (Å²) in [6.45, 7) is 14.8. The minimum Gasteiger partial charge on any atom is -0.496 e. The van der Waals surface area contributed by atoms with Gasteiger partial charge < -0.3 is 19.3 Å². The summed E-state index contributed by atoms with van der Waals surface area (Å²) in [4.78, 5) is 45.8. The van der Waals surface area contributed by atoms with Gasteiger partial charge in [0.05, 0.1) is 40.7 Å². The van der Waals surface area contributed by atoms with Gasteiger partial charge in [0.1, 0.15) is 23.2 Å². The molecular formula is C36H41N7O4. The smallest absolute Gasteiger partial charge is 0.410 e. The van der Waals surface area contributed by atoms with Crippen LogP contribution in [0, 0.1) is 25.2 Å². The van der Waals surface area contributed by atoms with Crippen molar-refractivity contribution in [3.8, 4) is 28.8 Å². The Hall–Kier alpha value is -4.98. The lowest BCUT2D eigenvalue weighted by atomic mass is 10.0. The second-order valence-corrected chi connectivity index (χ2v) is 13.9. The zero-order valence-corrected chi connectivity index (χ0v) is 28.3. The molecule has 4 heterocycles. The van der Waals surface area contributed by atoms with Crippen molar-refractivity contribution in [1.29, 1.82) is 5.26 Å². The van der Waals surface area contributed by atoms with Gasteiger partial charge in [-0.1, -0.05) is 26.0 Å². The molecule has 1 amide bonds. The molecule has 1 aliphatic heterocycles. The molecule has 0 unspecified atom stereocenters. The molecule has 1 aliphatic carbocycles. The Morgan fingerprint density at radius 2 is 1.83 bits per heavy atom. The van der Waals surface area contributed by atoms with Crippen LogP contribution in [0.25, 0.3) is 28.0 Å². The van der Waals surface area contributed by atoms with E-state index in [0.717, 1.165) is 29.7 Å². The van der Waals surface area contributed by atoms with Crippen LogP contribution < -0.4 is 15.3 Å². The van der Waals surface area contributed by atoms with E-state index >= 15 is 0 Å². The monoisotopic (exact) mass is 635 g/mol. The molecule has 4 aromatic rings. The summed E-state index contributed by atoms with van der Waals surface area (Å²) >= 11 is 0. The molecule has 6 rings (SSSR count). The molecule has 244 valence electrons. The number of benzene rings is 1. The Kier molecular flexibility index (Phi) is 7.94. The number of ether oxygens (including phenoxy) is 2. The molecule has 47 heavy (non-hydrogen) atoms. The fraction of sp³-hybridized carbons (Fsp3) is 0.444. The highest BCUT2D eigenvalue weighted by atomic mass is 16.6. The Balaban J connectivity index is 1.61. The maximum absolute atomic E-state index is 14.3.